The van der Waals surface area contributed by atoms with Crippen molar-refractivity contribution < 1.29 is 4.39 Å². The Morgan fingerprint density at radius 3 is 2.71 bits per heavy atom. The van der Waals surface area contributed by atoms with Gasteiger partial charge >= 0.3 is 0 Å². The number of halogens is 2. The molecule has 0 saturated carbocycles. The summed E-state index contributed by atoms with van der Waals surface area (Å²) < 4.78 is 15.6. The van der Waals surface area contributed by atoms with Crippen LogP contribution < -0.4 is 0 Å². The van der Waals surface area contributed by atoms with Gasteiger partial charge in [0.05, 0.1) is 10.2 Å². The van der Waals surface area contributed by atoms with E-state index >= 15 is 0 Å². The van der Waals surface area contributed by atoms with Gasteiger partial charge in [0, 0.05) is 5.75 Å². The van der Waals surface area contributed by atoms with Crippen LogP contribution in [0.3, 0.4) is 0 Å². The van der Waals surface area contributed by atoms with Gasteiger partial charge < -0.3 is 0 Å². The lowest BCUT2D eigenvalue weighted by molar-refractivity contribution is 0.619. The van der Waals surface area contributed by atoms with E-state index in [2.05, 4.69) is 31.5 Å². The third kappa shape index (κ3) is 3.14. The Morgan fingerprint density at radius 1 is 1.10 bits per heavy atom. The highest BCUT2D eigenvalue weighted by molar-refractivity contribution is 9.10. The van der Waals surface area contributed by atoms with Crippen molar-refractivity contribution >= 4 is 27.7 Å². The molecule has 0 spiro atoms. The number of hydrogen-bond donors (Lipinski definition) is 0. The molecule has 0 unspecified atom stereocenters. The van der Waals surface area contributed by atoms with E-state index in [1.807, 2.05) is 36.4 Å². The molecule has 0 aliphatic rings. The van der Waals surface area contributed by atoms with E-state index in [4.69, 9.17) is 0 Å². The summed E-state index contributed by atoms with van der Waals surface area (Å²) in [4.78, 5) is 0. The van der Waals surface area contributed by atoms with E-state index in [0.29, 0.717) is 15.4 Å². The highest BCUT2D eigenvalue weighted by Crippen LogP contribution is 2.28. The third-order valence-electron chi connectivity index (χ3n) is 2.83. The molecule has 0 bridgehead atoms. The van der Waals surface area contributed by atoms with E-state index < -0.39 is 0 Å². The normalized spacial score (nSPS) is 10.8. The number of thioether (sulfide) groups is 1. The molecular formula is C14H10BrFN4S. The summed E-state index contributed by atoms with van der Waals surface area (Å²) in [7, 11) is 0. The second-order valence-electron chi connectivity index (χ2n) is 4.21. The molecule has 1 heterocycles. The molecule has 0 radical (unpaired) electrons. The van der Waals surface area contributed by atoms with Crippen molar-refractivity contribution in [3.8, 4) is 5.69 Å². The van der Waals surface area contributed by atoms with Crippen LogP contribution in [0.2, 0.25) is 0 Å². The molecule has 0 aliphatic heterocycles. The molecular weight excluding hydrogens is 355 g/mol. The van der Waals surface area contributed by atoms with Gasteiger partial charge in [0.15, 0.2) is 0 Å². The number of hydrogen-bond acceptors (Lipinski definition) is 4. The van der Waals surface area contributed by atoms with Crippen LogP contribution >= 0.6 is 27.7 Å². The van der Waals surface area contributed by atoms with Gasteiger partial charge in [0.2, 0.25) is 5.16 Å². The van der Waals surface area contributed by atoms with Crippen LogP contribution in [0.5, 0.6) is 0 Å². The monoisotopic (exact) mass is 364 g/mol. The molecule has 4 nitrogen and oxygen atoms in total. The Balaban J connectivity index is 1.81. The fourth-order valence-corrected chi connectivity index (χ4v) is 3.28. The molecule has 0 atom stereocenters. The second kappa shape index (κ2) is 6.36. The molecule has 0 fully saturated rings. The predicted octanol–water partition coefficient (Wildman–Crippen LogP) is 3.86. The maximum Gasteiger partial charge on any atom is 0.214 e. The first-order valence-corrected chi connectivity index (χ1v) is 7.93. The zero-order valence-electron chi connectivity index (χ0n) is 10.8. The molecule has 106 valence electrons. The van der Waals surface area contributed by atoms with Gasteiger partial charge in [-0.3, -0.25) is 0 Å². The molecule has 0 saturated heterocycles. The molecule has 0 N–H and O–H groups in total. The van der Waals surface area contributed by atoms with Gasteiger partial charge in [-0.2, -0.15) is 4.68 Å². The topological polar surface area (TPSA) is 43.6 Å². The number of rotatable bonds is 4. The first-order valence-electron chi connectivity index (χ1n) is 6.15. The summed E-state index contributed by atoms with van der Waals surface area (Å²) in [5.74, 6) is 0.307. The van der Waals surface area contributed by atoms with Crippen molar-refractivity contribution in [1.82, 2.24) is 20.2 Å². The Morgan fingerprint density at radius 2 is 1.90 bits per heavy atom. The summed E-state index contributed by atoms with van der Waals surface area (Å²) in [6.45, 7) is 0. The maximum atomic E-state index is 13.5. The van der Waals surface area contributed by atoms with Crippen molar-refractivity contribution in [3.63, 3.8) is 0 Å². The molecule has 7 heteroatoms. The molecule has 1 aromatic heterocycles. The van der Waals surface area contributed by atoms with Crippen molar-refractivity contribution in [2.75, 3.05) is 0 Å². The average molecular weight is 365 g/mol. The smallest absolute Gasteiger partial charge is 0.206 e. The summed E-state index contributed by atoms with van der Waals surface area (Å²) in [6.07, 6.45) is 0. The van der Waals surface area contributed by atoms with Gasteiger partial charge in [-0.05, 0) is 50.1 Å². The minimum atomic E-state index is -0.268. The fraction of sp³-hybridized carbons (Fsp3) is 0.0714. The largest absolute Gasteiger partial charge is 0.214 e. The van der Waals surface area contributed by atoms with Gasteiger partial charge in [0.25, 0.3) is 0 Å². The summed E-state index contributed by atoms with van der Waals surface area (Å²) >= 11 is 4.72. The van der Waals surface area contributed by atoms with Crippen LogP contribution in [0.1, 0.15) is 5.56 Å². The maximum absolute atomic E-state index is 13.5. The highest BCUT2D eigenvalue weighted by atomic mass is 79.9. The van der Waals surface area contributed by atoms with Crippen LogP contribution in [0.4, 0.5) is 4.39 Å². The Kier molecular flexibility index (Phi) is 4.31. The summed E-state index contributed by atoms with van der Waals surface area (Å²) in [5, 5.41) is 12.4. The van der Waals surface area contributed by atoms with Crippen LogP contribution in [-0.2, 0) is 5.75 Å². The van der Waals surface area contributed by atoms with Crippen molar-refractivity contribution in [3.05, 3.63) is 64.4 Å². The molecule has 3 rings (SSSR count). The van der Waals surface area contributed by atoms with E-state index in [1.54, 1.807) is 10.7 Å². The SMILES string of the molecule is Fc1cccc(CSc2nnnn2-c2ccccc2)c1Br. The van der Waals surface area contributed by atoms with Crippen LogP contribution in [0, 0.1) is 5.82 Å². The quantitative estimate of drug-likeness (QED) is 0.659. The average Bonchev–Trinajstić information content (AvgIpc) is 2.98. The van der Waals surface area contributed by atoms with Gasteiger partial charge in [-0.15, -0.1) is 5.10 Å². The van der Waals surface area contributed by atoms with Crippen LogP contribution in [0.25, 0.3) is 5.69 Å². The first-order chi connectivity index (χ1) is 10.3. The summed E-state index contributed by atoms with van der Waals surface area (Å²) in [5.41, 5.74) is 1.76. The number of tetrazole rings is 1. The Hall–Kier alpha value is -1.73. The van der Waals surface area contributed by atoms with Crippen molar-refractivity contribution in [2.45, 2.75) is 10.9 Å². The highest BCUT2D eigenvalue weighted by Gasteiger charge is 2.11. The molecule has 0 amide bonds. The predicted molar refractivity (Wildman–Crippen MR) is 82.8 cm³/mol. The van der Waals surface area contributed by atoms with Gasteiger partial charge in [-0.25, -0.2) is 4.39 Å². The minimum Gasteiger partial charge on any atom is -0.206 e. The standard InChI is InChI=1S/C14H10BrFN4S/c15-13-10(5-4-8-12(13)16)9-21-14-17-18-19-20(14)11-6-2-1-3-7-11/h1-8H,9H2. The third-order valence-corrected chi connectivity index (χ3v) is 4.69. The molecule has 2 aromatic carbocycles. The van der Waals surface area contributed by atoms with E-state index in [9.17, 15) is 4.39 Å². The number of para-hydroxylation sites is 1. The van der Waals surface area contributed by atoms with Crippen molar-refractivity contribution in [1.29, 1.82) is 0 Å². The minimum absolute atomic E-state index is 0.268. The number of aromatic nitrogens is 4. The molecule has 3 aromatic rings. The van der Waals surface area contributed by atoms with E-state index in [-0.39, 0.29) is 5.82 Å². The number of nitrogens with zero attached hydrogens (tertiary/aromatic N) is 4. The zero-order valence-corrected chi connectivity index (χ0v) is 13.2. The second-order valence-corrected chi connectivity index (χ2v) is 5.95. The summed E-state index contributed by atoms with van der Waals surface area (Å²) in [6, 6.07) is 14.6. The zero-order chi connectivity index (χ0) is 14.7. The van der Waals surface area contributed by atoms with E-state index in [1.165, 1.54) is 17.8 Å². The van der Waals surface area contributed by atoms with Crippen LogP contribution in [0.15, 0.2) is 58.2 Å². The van der Waals surface area contributed by atoms with E-state index in [0.717, 1.165) is 11.3 Å². The fourth-order valence-electron chi connectivity index (χ4n) is 1.80. The van der Waals surface area contributed by atoms with Crippen LogP contribution in [-0.4, -0.2) is 20.2 Å². The number of benzene rings is 2. The molecule has 0 aliphatic carbocycles. The Bertz CT molecular complexity index is 748. The molecule has 21 heavy (non-hydrogen) atoms. The first kappa shape index (κ1) is 14.2. The lowest BCUT2D eigenvalue weighted by Gasteiger charge is -2.06. The lowest BCUT2D eigenvalue weighted by atomic mass is 10.2. The Labute approximate surface area is 133 Å². The lowest BCUT2D eigenvalue weighted by Crippen LogP contribution is -1.98. The van der Waals surface area contributed by atoms with Gasteiger partial charge in [-0.1, -0.05) is 42.1 Å². The van der Waals surface area contributed by atoms with Gasteiger partial charge in [0.1, 0.15) is 5.82 Å². The van der Waals surface area contributed by atoms with Crippen molar-refractivity contribution in [2.24, 2.45) is 0 Å².